The van der Waals surface area contributed by atoms with Crippen LogP contribution in [0.3, 0.4) is 0 Å². The van der Waals surface area contributed by atoms with Gasteiger partial charge in [0.25, 0.3) is 0 Å². The van der Waals surface area contributed by atoms with Crippen LogP contribution in [0.5, 0.6) is 0 Å². The lowest BCUT2D eigenvalue weighted by atomic mass is 10.2. The van der Waals surface area contributed by atoms with Crippen LogP contribution in [0, 0.1) is 0 Å². The fourth-order valence-corrected chi connectivity index (χ4v) is 5.13. The van der Waals surface area contributed by atoms with Crippen LogP contribution in [-0.2, 0) is 0 Å². The van der Waals surface area contributed by atoms with E-state index >= 15 is 0 Å². The molecule has 0 aromatic heterocycles. The number of hydrogen-bond acceptors (Lipinski definition) is 6. The van der Waals surface area contributed by atoms with Gasteiger partial charge in [0.1, 0.15) is 0 Å². The van der Waals surface area contributed by atoms with E-state index in [9.17, 15) is 0 Å². The Morgan fingerprint density at radius 1 is 0.778 bits per heavy atom. The van der Waals surface area contributed by atoms with Gasteiger partial charge in [0.15, 0.2) is 0 Å². The van der Waals surface area contributed by atoms with Crippen LogP contribution < -0.4 is 11.5 Å². The Kier molecular flexibility index (Phi) is 5.12. The molecule has 0 unspecified atom stereocenters. The summed E-state index contributed by atoms with van der Waals surface area (Å²) in [6.07, 6.45) is 6.21. The highest BCUT2D eigenvalue weighted by Gasteiger charge is 2.20. The Balaban J connectivity index is 1.89. The zero-order chi connectivity index (χ0) is 13.1. The van der Waals surface area contributed by atoms with Gasteiger partial charge in [-0.3, -0.25) is 0 Å². The van der Waals surface area contributed by atoms with Crippen LogP contribution in [-0.4, -0.2) is 8.39 Å². The zero-order valence-electron chi connectivity index (χ0n) is 10.0. The first-order valence-electron chi connectivity index (χ1n) is 5.97. The van der Waals surface area contributed by atoms with Gasteiger partial charge in [0, 0.05) is 11.4 Å². The zero-order valence-corrected chi connectivity index (χ0v) is 13.3. The molecule has 2 rings (SSSR count). The van der Waals surface area contributed by atoms with Crippen molar-refractivity contribution in [3.05, 3.63) is 22.5 Å². The molecule has 98 valence electrons. The lowest BCUT2D eigenvalue weighted by Gasteiger charge is -2.07. The van der Waals surface area contributed by atoms with Gasteiger partial charge >= 0.3 is 0 Å². The van der Waals surface area contributed by atoms with E-state index in [0.29, 0.717) is 0 Å². The molecule has 0 aromatic carbocycles. The van der Waals surface area contributed by atoms with E-state index < -0.39 is 0 Å². The van der Waals surface area contributed by atoms with Crippen molar-refractivity contribution in [1.82, 2.24) is 0 Å². The van der Waals surface area contributed by atoms with Gasteiger partial charge in [-0.1, -0.05) is 24.4 Å². The second kappa shape index (κ2) is 6.41. The van der Waals surface area contributed by atoms with E-state index in [0.717, 1.165) is 69.5 Å². The third-order valence-corrected chi connectivity index (χ3v) is 6.96. The second-order valence-corrected chi connectivity index (χ2v) is 7.94. The van der Waals surface area contributed by atoms with Crippen molar-refractivity contribution >= 4 is 54.4 Å². The summed E-state index contributed by atoms with van der Waals surface area (Å²) >= 11 is 10.8. The molecule has 0 saturated carbocycles. The van der Waals surface area contributed by atoms with Gasteiger partial charge in [0.2, 0.25) is 0 Å². The fraction of sp³-hybridized carbons (Fsp3) is 0.500. The lowest BCUT2D eigenvalue weighted by molar-refractivity contribution is 0.897. The number of thiocarbonyl (C=S) groups is 2. The van der Waals surface area contributed by atoms with Crippen LogP contribution >= 0.6 is 46.0 Å². The number of hydrogen-bond donors (Lipinski definition) is 2. The van der Waals surface area contributed by atoms with E-state index in [2.05, 4.69) is 0 Å². The molecule has 0 heterocycles. The molecule has 0 amide bonds. The van der Waals surface area contributed by atoms with E-state index in [1.807, 2.05) is 0 Å². The average molecular weight is 317 g/mol. The molecular weight excluding hydrogens is 300 g/mol. The third-order valence-electron chi connectivity index (χ3n) is 3.21. The van der Waals surface area contributed by atoms with E-state index in [-0.39, 0.29) is 0 Å². The quantitative estimate of drug-likeness (QED) is 0.597. The molecule has 4 N–H and O–H groups in total. The summed E-state index contributed by atoms with van der Waals surface area (Å²) in [4.78, 5) is 0. The summed E-state index contributed by atoms with van der Waals surface area (Å²) in [6, 6.07) is 0. The summed E-state index contributed by atoms with van der Waals surface area (Å²) in [5, 5.41) is 0. The molecule has 0 radical (unpaired) electrons. The summed E-state index contributed by atoms with van der Waals surface area (Å²) in [5.41, 5.74) is 16.1. The van der Waals surface area contributed by atoms with Crippen molar-refractivity contribution in [2.45, 2.75) is 38.5 Å². The smallest absolute Gasteiger partial charge is 0.0865 e. The Morgan fingerprint density at radius 3 is 1.44 bits per heavy atom. The molecule has 2 nitrogen and oxygen atoms in total. The molecule has 0 aliphatic heterocycles. The highest BCUT2D eigenvalue weighted by molar-refractivity contribution is 8.90. The molecule has 0 bridgehead atoms. The fourth-order valence-electron chi connectivity index (χ4n) is 2.18. The predicted molar refractivity (Wildman–Crippen MR) is 90.5 cm³/mol. The summed E-state index contributed by atoms with van der Waals surface area (Å²) in [5.74, 6) is 0. The topological polar surface area (TPSA) is 52.0 Å². The van der Waals surface area contributed by atoms with Gasteiger partial charge in [0.05, 0.1) is 8.39 Å². The first-order valence-corrected chi connectivity index (χ1v) is 8.94. The molecule has 0 spiro atoms. The van der Waals surface area contributed by atoms with Crippen molar-refractivity contribution in [1.29, 1.82) is 0 Å². The standard InChI is InChI=1S/C12H16N2S4/c13-9-5-1-3-7(9)11(15)17-18-12(16)8-4-2-6-10(8)14/h1-6,13-14H2. The predicted octanol–water partition coefficient (Wildman–Crippen LogP) is 3.82. The van der Waals surface area contributed by atoms with Crippen molar-refractivity contribution in [3.8, 4) is 0 Å². The number of nitrogens with two attached hydrogens (primary N) is 2. The minimum Gasteiger partial charge on any atom is -0.402 e. The van der Waals surface area contributed by atoms with Crippen molar-refractivity contribution in [3.63, 3.8) is 0 Å². The normalized spacial score (nSPS) is 19.8. The SMILES string of the molecule is NC1=C(C(=S)SSC(=S)C2=C(N)CCC2)CCC1. The molecule has 0 fully saturated rings. The molecule has 18 heavy (non-hydrogen) atoms. The highest BCUT2D eigenvalue weighted by Crippen LogP contribution is 2.38. The lowest BCUT2D eigenvalue weighted by Crippen LogP contribution is -2.03. The number of allylic oxidation sites excluding steroid dienone is 2. The van der Waals surface area contributed by atoms with Crippen molar-refractivity contribution in [2.75, 3.05) is 0 Å². The second-order valence-electron chi connectivity index (χ2n) is 4.46. The van der Waals surface area contributed by atoms with Gasteiger partial charge in [-0.25, -0.2) is 0 Å². The summed E-state index contributed by atoms with van der Waals surface area (Å²) in [6.45, 7) is 0. The largest absolute Gasteiger partial charge is 0.402 e. The molecule has 6 heteroatoms. The maximum Gasteiger partial charge on any atom is 0.0865 e. The monoisotopic (exact) mass is 316 g/mol. The first-order chi connectivity index (χ1) is 8.59. The Labute approximate surface area is 126 Å². The third kappa shape index (κ3) is 3.29. The van der Waals surface area contributed by atoms with Crippen LogP contribution in [0.25, 0.3) is 0 Å². The molecule has 2 aliphatic rings. The van der Waals surface area contributed by atoms with Crippen LogP contribution in [0.1, 0.15) is 38.5 Å². The Hall–Kier alpha value is -0.0400. The van der Waals surface area contributed by atoms with E-state index in [1.165, 1.54) is 0 Å². The number of rotatable bonds is 2. The maximum atomic E-state index is 5.94. The average Bonchev–Trinajstić information content (AvgIpc) is 2.94. The van der Waals surface area contributed by atoms with E-state index in [4.69, 9.17) is 35.9 Å². The minimum atomic E-state index is 0.884. The van der Waals surface area contributed by atoms with Gasteiger partial charge in [-0.15, -0.1) is 0 Å². The summed E-state index contributed by atoms with van der Waals surface area (Å²) < 4.78 is 1.77. The molecular formula is C12H16N2S4. The minimum absolute atomic E-state index is 0.884. The maximum absolute atomic E-state index is 5.94. The van der Waals surface area contributed by atoms with Gasteiger partial charge in [-0.05, 0) is 71.3 Å². The van der Waals surface area contributed by atoms with Gasteiger partial charge < -0.3 is 11.5 Å². The Morgan fingerprint density at radius 2 is 1.17 bits per heavy atom. The van der Waals surface area contributed by atoms with Gasteiger partial charge in [-0.2, -0.15) is 0 Å². The first kappa shape index (κ1) is 14.4. The molecule has 0 saturated heterocycles. The van der Waals surface area contributed by atoms with Crippen LogP contribution in [0.15, 0.2) is 22.5 Å². The Bertz CT molecular complexity index is 409. The van der Waals surface area contributed by atoms with Crippen molar-refractivity contribution < 1.29 is 0 Å². The molecule has 0 atom stereocenters. The molecule has 2 aliphatic carbocycles. The van der Waals surface area contributed by atoms with Crippen LogP contribution in [0.2, 0.25) is 0 Å². The molecule has 0 aromatic rings. The van der Waals surface area contributed by atoms with Crippen molar-refractivity contribution in [2.24, 2.45) is 11.5 Å². The van der Waals surface area contributed by atoms with Crippen LogP contribution in [0.4, 0.5) is 0 Å². The van der Waals surface area contributed by atoms with E-state index in [1.54, 1.807) is 21.6 Å². The highest BCUT2D eigenvalue weighted by atomic mass is 33.1. The summed E-state index contributed by atoms with van der Waals surface area (Å²) in [7, 11) is 3.11.